The van der Waals surface area contributed by atoms with E-state index in [1.807, 2.05) is 25.2 Å². The van der Waals surface area contributed by atoms with E-state index >= 15 is 0 Å². The summed E-state index contributed by atoms with van der Waals surface area (Å²) < 4.78 is 0. The molecule has 0 radical (unpaired) electrons. The number of hydrogen-bond donors (Lipinski definition) is 3. The van der Waals surface area contributed by atoms with Crippen LogP contribution < -0.4 is 16.8 Å². The van der Waals surface area contributed by atoms with Gasteiger partial charge in [-0.15, -0.1) is 0 Å². The molecule has 0 aromatic heterocycles. The molecule has 0 unspecified atom stereocenters. The van der Waals surface area contributed by atoms with Gasteiger partial charge >= 0.3 is 0 Å². The Kier molecular flexibility index (Phi) is 2.58. The number of hydrogen-bond acceptors (Lipinski definition) is 3. The number of benzene rings is 1. The first kappa shape index (κ1) is 8.46. The molecule has 0 aliphatic carbocycles. The Labute approximate surface area is 72.1 Å². The zero-order valence-corrected chi connectivity index (χ0v) is 7.04. The summed E-state index contributed by atoms with van der Waals surface area (Å²) in [6.07, 6.45) is 3.25. The molecule has 0 bridgehead atoms. The average molecular weight is 163 g/mol. The smallest absolute Gasteiger partial charge is 0.0408 e. The number of nitrogens with two attached hydrogens (primary N) is 2. The maximum Gasteiger partial charge on any atom is 0.0408 e. The van der Waals surface area contributed by atoms with Crippen LogP contribution in [0.25, 0.3) is 6.08 Å². The molecule has 0 aliphatic rings. The third-order valence-corrected chi connectivity index (χ3v) is 1.65. The van der Waals surface area contributed by atoms with E-state index in [0.717, 1.165) is 16.9 Å². The van der Waals surface area contributed by atoms with Gasteiger partial charge in [-0.3, -0.25) is 0 Å². The topological polar surface area (TPSA) is 64.1 Å². The van der Waals surface area contributed by atoms with Crippen molar-refractivity contribution in [3.05, 3.63) is 30.0 Å². The van der Waals surface area contributed by atoms with Crippen LogP contribution in [0.15, 0.2) is 24.4 Å². The largest absolute Gasteiger partial charge is 0.405 e. The first-order chi connectivity index (χ1) is 5.77. The van der Waals surface area contributed by atoms with Gasteiger partial charge in [-0.25, -0.2) is 0 Å². The number of nitrogen functional groups attached to an aromatic ring is 1. The molecule has 0 fully saturated rings. The van der Waals surface area contributed by atoms with E-state index in [9.17, 15) is 0 Å². The number of nitrogens with one attached hydrogen (secondary N) is 1. The number of rotatable bonds is 2. The summed E-state index contributed by atoms with van der Waals surface area (Å²) in [6.45, 7) is 0. The van der Waals surface area contributed by atoms with E-state index in [0.29, 0.717) is 0 Å². The van der Waals surface area contributed by atoms with Crippen LogP contribution in [0.4, 0.5) is 11.4 Å². The fraction of sp³-hybridized carbons (Fsp3) is 0.111. The maximum atomic E-state index is 5.74. The molecule has 1 aromatic rings. The Balaban J connectivity index is 3.03. The SMILES string of the molecule is CNc1ccc(/C=C\N)c(N)c1. The Morgan fingerprint density at radius 3 is 2.67 bits per heavy atom. The van der Waals surface area contributed by atoms with Crippen molar-refractivity contribution in [2.45, 2.75) is 0 Å². The second kappa shape index (κ2) is 3.67. The minimum absolute atomic E-state index is 0.726. The standard InChI is InChI=1S/C9H13N3/c1-12-8-3-2-7(4-5-10)9(11)6-8/h2-6,12H,10-11H2,1H3/b5-4-. The summed E-state index contributed by atoms with van der Waals surface area (Å²) in [7, 11) is 1.85. The van der Waals surface area contributed by atoms with Crippen molar-refractivity contribution < 1.29 is 0 Å². The van der Waals surface area contributed by atoms with Crippen LogP contribution in [0.5, 0.6) is 0 Å². The van der Waals surface area contributed by atoms with E-state index in [1.165, 1.54) is 6.20 Å². The summed E-state index contributed by atoms with van der Waals surface area (Å²) in [5, 5.41) is 3.00. The van der Waals surface area contributed by atoms with E-state index < -0.39 is 0 Å². The molecule has 0 heterocycles. The minimum Gasteiger partial charge on any atom is -0.405 e. The van der Waals surface area contributed by atoms with Crippen molar-refractivity contribution >= 4 is 17.5 Å². The maximum absolute atomic E-state index is 5.74. The molecular formula is C9H13N3. The lowest BCUT2D eigenvalue weighted by Crippen LogP contribution is -1.93. The van der Waals surface area contributed by atoms with Gasteiger partial charge in [0.2, 0.25) is 0 Å². The van der Waals surface area contributed by atoms with Crippen molar-refractivity contribution in [3.8, 4) is 0 Å². The Morgan fingerprint density at radius 1 is 1.42 bits per heavy atom. The lowest BCUT2D eigenvalue weighted by Gasteiger charge is -2.03. The summed E-state index contributed by atoms with van der Waals surface area (Å²) >= 11 is 0. The molecular weight excluding hydrogens is 150 g/mol. The molecule has 3 heteroatoms. The van der Waals surface area contributed by atoms with Crippen LogP contribution in [-0.4, -0.2) is 7.05 Å². The molecule has 5 N–H and O–H groups in total. The highest BCUT2D eigenvalue weighted by Gasteiger charge is 1.95. The van der Waals surface area contributed by atoms with Crippen molar-refractivity contribution in [1.82, 2.24) is 0 Å². The van der Waals surface area contributed by atoms with Crippen LogP contribution in [-0.2, 0) is 0 Å². The average Bonchev–Trinajstić information content (AvgIpc) is 2.09. The molecule has 0 atom stereocenters. The Bertz CT molecular complexity index is 292. The van der Waals surface area contributed by atoms with Gasteiger partial charge in [0.25, 0.3) is 0 Å². The van der Waals surface area contributed by atoms with Crippen LogP contribution >= 0.6 is 0 Å². The third kappa shape index (κ3) is 1.69. The molecule has 0 spiro atoms. The van der Waals surface area contributed by atoms with Gasteiger partial charge in [0.05, 0.1) is 0 Å². The summed E-state index contributed by atoms with van der Waals surface area (Å²) in [5.74, 6) is 0. The highest BCUT2D eigenvalue weighted by atomic mass is 14.8. The van der Waals surface area contributed by atoms with Crippen molar-refractivity contribution in [2.24, 2.45) is 5.73 Å². The van der Waals surface area contributed by atoms with E-state index in [1.54, 1.807) is 6.08 Å². The Hall–Kier alpha value is -1.64. The van der Waals surface area contributed by atoms with Gasteiger partial charge in [0.15, 0.2) is 0 Å². The highest BCUT2D eigenvalue weighted by Crippen LogP contribution is 2.18. The van der Waals surface area contributed by atoms with Crippen LogP contribution in [0.2, 0.25) is 0 Å². The molecule has 1 rings (SSSR count). The second-order valence-electron chi connectivity index (χ2n) is 2.45. The minimum atomic E-state index is 0.726. The second-order valence-corrected chi connectivity index (χ2v) is 2.45. The van der Waals surface area contributed by atoms with Crippen molar-refractivity contribution in [3.63, 3.8) is 0 Å². The van der Waals surface area contributed by atoms with Crippen LogP contribution in [0.1, 0.15) is 5.56 Å². The summed E-state index contributed by atoms with van der Waals surface area (Å²) in [4.78, 5) is 0. The lowest BCUT2D eigenvalue weighted by molar-refractivity contribution is 1.50. The highest BCUT2D eigenvalue weighted by molar-refractivity contribution is 5.68. The summed E-state index contributed by atoms with van der Waals surface area (Å²) in [6, 6.07) is 5.74. The molecule has 0 aliphatic heterocycles. The fourth-order valence-corrected chi connectivity index (χ4v) is 0.986. The van der Waals surface area contributed by atoms with Crippen LogP contribution in [0, 0.1) is 0 Å². The quantitative estimate of drug-likeness (QED) is 0.575. The van der Waals surface area contributed by atoms with Crippen molar-refractivity contribution in [2.75, 3.05) is 18.1 Å². The zero-order chi connectivity index (χ0) is 8.97. The van der Waals surface area contributed by atoms with Gasteiger partial charge in [-0.2, -0.15) is 0 Å². The van der Waals surface area contributed by atoms with E-state index in [2.05, 4.69) is 5.32 Å². The summed E-state index contributed by atoms with van der Waals surface area (Å²) in [5.41, 5.74) is 13.7. The van der Waals surface area contributed by atoms with Gasteiger partial charge in [-0.05, 0) is 30.0 Å². The monoisotopic (exact) mass is 163 g/mol. The van der Waals surface area contributed by atoms with Crippen LogP contribution in [0.3, 0.4) is 0 Å². The predicted molar refractivity (Wildman–Crippen MR) is 53.6 cm³/mol. The van der Waals surface area contributed by atoms with Crippen molar-refractivity contribution in [1.29, 1.82) is 0 Å². The first-order valence-corrected chi connectivity index (χ1v) is 3.73. The van der Waals surface area contributed by atoms with Gasteiger partial charge < -0.3 is 16.8 Å². The molecule has 0 saturated carbocycles. The molecule has 1 aromatic carbocycles. The molecule has 0 saturated heterocycles. The lowest BCUT2D eigenvalue weighted by atomic mass is 10.1. The molecule has 0 amide bonds. The predicted octanol–water partition coefficient (Wildman–Crippen LogP) is 1.24. The Morgan fingerprint density at radius 2 is 2.17 bits per heavy atom. The first-order valence-electron chi connectivity index (χ1n) is 3.73. The van der Waals surface area contributed by atoms with Gasteiger partial charge in [0, 0.05) is 18.4 Å². The van der Waals surface area contributed by atoms with Gasteiger partial charge in [-0.1, -0.05) is 6.07 Å². The normalized spacial score (nSPS) is 10.4. The van der Waals surface area contributed by atoms with E-state index in [4.69, 9.17) is 11.5 Å². The van der Waals surface area contributed by atoms with E-state index in [-0.39, 0.29) is 0 Å². The molecule has 12 heavy (non-hydrogen) atoms. The molecule has 3 nitrogen and oxygen atoms in total. The third-order valence-electron chi connectivity index (χ3n) is 1.65. The zero-order valence-electron chi connectivity index (χ0n) is 7.04. The number of anilines is 2. The van der Waals surface area contributed by atoms with Gasteiger partial charge in [0.1, 0.15) is 0 Å². The fourth-order valence-electron chi connectivity index (χ4n) is 0.986. The molecule has 64 valence electrons.